The molecule has 2 rings (SSSR count). The molecule has 1 saturated heterocycles. The first kappa shape index (κ1) is 20.0. The van der Waals surface area contributed by atoms with Gasteiger partial charge in [-0.3, -0.25) is 9.69 Å². The fraction of sp³-hybridized carbons (Fsp3) is 0.750. The Morgan fingerprint density at radius 3 is 2.72 bits per heavy atom. The first-order chi connectivity index (χ1) is 12.1. The number of hydrogen-bond donors (Lipinski definition) is 0. The minimum Gasteiger partial charge on any atom is -0.456 e. The second kappa shape index (κ2) is 9.97. The Hall–Kier alpha value is -1.33. The number of hydrogen-bond acceptors (Lipinski definition) is 4. The molecule has 1 atom stereocenters. The highest BCUT2D eigenvalue weighted by molar-refractivity contribution is 5.92. The highest BCUT2D eigenvalue weighted by Crippen LogP contribution is 2.22. The highest BCUT2D eigenvalue weighted by Gasteiger charge is 2.27. The third-order valence-electron chi connectivity index (χ3n) is 4.94. The second-order valence-electron chi connectivity index (χ2n) is 6.76. The zero-order valence-electron chi connectivity index (χ0n) is 16.3. The van der Waals surface area contributed by atoms with Crippen molar-refractivity contribution in [2.45, 2.75) is 66.0 Å². The molecule has 1 amide bonds. The summed E-state index contributed by atoms with van der Waals surface area (Å²) in [6.45, 7) is 13.6. The van der Waals surface area contributed by atoms with E-state index in [4.69, 9.17) is 9.15 Å². The Balaban J connectivity index is 2.06. The van der Waals surface area contributed by atoms with Crippen LogP contribution in [0, 0.1) is 0 Å². The van der Waals surface area contributed by atoms with Crippen molar-refractivity contribution >= 4 is 5.91 Å². The number of carbonyl (C=O) groups is 1. The Morgan fingerprint density at radius 1 is 1.32 bits per heavy atom. The fourth-order valence-electron chi connectivity index (χ4n) is 3.39. The van der Waals surface area contributed by atoms with Gasteiger partial charge < -0.3 is 14.1 Å². The summed E-state index contributed by atoms with van der Waals surface area (Å²) in [5, 5.41) is 0. The van der Waals surface area contributed by atoms with Gasteiger partial charge in [0.15, 0.2) is 5.76 Å². The summed E-state index contributed by atoms with van der Waals surface area (Å²) in [6.07, 6.45) is 4.01. The average Bonchev–Trinajstić information content (AvgIpc) is 3.06. The molecule has 1 aromatic heterocycles. The quantitative estimate of drug-likeness (QED) is 0.681. The molecule has 0 aliphatic carbocycles. The molecule has 1 aromatic rings. The molecule has 0 radical (unpaired) electrons. The van der Waals surface area contributed by atoms with Crippen LogP contribution in [0.25, 0.3) is 0 Å². The lowest BCUT2D eigenvalue weighted by molar-refractivity contribution is 0.00111. The maximum absolute atomic E-state index is 12.9. The molecule has 0 spiro atoms. The van der Waals surface area contributed by atoms with Crippen LogP contribution >= 0.6 is 0 Å². The van der Waals surface area contributed by atoms with Crippen molar-refractivity contribution in [2.75, 3.05) is 32.8 Å². The van der Waals surface area contributed by atoms with E-state index in [1.165, 1.54) is 0 Å². The number of likely N-dealkylation sites (tertiary alicyclic amines) is 1. The van der Waals surface area contributed by atoms with Crippen LogP contribution < -0.4 is 0 Å². The Kier molecular flexibility index (Phi) is 7.97. The lowest BCUT2D eigenvalue weighted by atomic mass is 10.1. The zero-order valence-corrected chi connectivity index (χ0v) is 16.3. The van der Waals surface area contributed by atoms with Gasteiger partial charge >= 0.3 is 0 Å². The Morgan fingerprint density at radius 2 is 2.08 bits per heavy atom. The predicted octanol–water partition coefficient (Wildman–Crippen LogP) is 3.72. The van der Waals surface area contributed by atoms with E-state index < -0.39 is 0 Å². The third-order valence-corrected chi connectivity index (χ3v) is 4.94. The third kappa shape index (κ3) is 5.32. The molecule has 5 heteroatoms. The van der Waals surface area contributed by atoms with E-state index in [-0.39, 0.29) is 12.0 Å². The molecular weight excluding hydrogens is 316 g/mol. The number of aryl methyl sites for hydroxylation is 1. The first-order valence-electron chi connectivity index (χ1n) is 9.87. The molecule has 5 nitrogen and oxygen atoms in total. The van der Waals surface area contributed by atoms with Crippen molar-refractivity contribution in [3.8, 4) is 0 Å². The second-order valence-corrected chi connectivity index (χ2v) is 6.76. The molecule has 2 heterocycles. The number of amides is 1. The van der Waals surface area contributed by atoms with Crippen molar-refractivity contribution in [1.82, 2.24) is 9.80 Å². The van der Waals surface area contributed by atoms with Crippen molar-refractivity contribution < 1.29 is 13.9 Å². The minimum absolute atomic E-state index is 0.00490. The summed E-state index contributed by atoms with van der Waals surface area (Å²) in [7, 11) is 0. The van der Waals surface area contributed by atoms with Gasteiger partial charge in [-0.15, -0.1) is 0 Å². The fourth-order valence-corrected chi connectivity index (χ4v) is 3.39. The van der Waals surface area contributed by atoms with Crippen molar-refractivity contribution in [3.63, 3.8) is 0 Å². The topological polar surface area (TPSA) is 45.9 Å². The molecule has 0 aromatic carbocycles. The molecule has 0 bridgehead atoms. The SMILES string of the molecule is CCCO[C@H]1CCCN(C(=O)c2cc(CN(CC)CC)c(CC)o2)C1. The molecule has 0 unspecified atom stereocenters. The van der Waals surface area contributed by atoms with Crippen molar-refractivity contribution in [1.29, 1.82) is 0 Å². The number of rotatable bonds is 9. The Bertz CT molecular complexity index is 537. The van der Waals surface area contributed by atoms with Gasteiger partial charge in [0.2, 0.25) is 0 Å². The lowest BCUT2D eigenvalue weighted by Crippen LogP contribution is -2.43. The van der Waals surface area contributed by atoms with Crippen LogP contribution in [0.2, 0.25) is 0 Å². The summed E-state index contributed by atoms with van der Waals surface area (Å²) in [5.41, 5.74) is 1.14. The number of carbonyl (C=O) groups excluding carboxylic acids is 1. The average molecular weight is 351 g/mol. The van der Waals surface area contributed by atoms with Gasteiger partial charge in [0.1, 0.15) is 5.76 Å². The van der Waals surface area contributed by atoms with Crippen LogP contribution in [0.15, 0.2) is 10.5 Å². The van der Waals surface area contributed by atoms with Gasteiger partial charge in [0, 0.05) is 38.2 Å². The van der Waals surface area contributed by atoms with Gasteiger partial charge in [-0.25, -0.2) is 0 Å². The number of ether oxygens (including phenoxy) is 1. The molecule has 142 valence electrons. The van der Waals surface area contributed by atoms with Crippen LogP contribution in [0.5, 0.6) is 0 Å². The predicted molar refractivity (Wildman–Crippen MR) is 99.9 cm³/mol. The van der Waals surface area contributed by atoms with Crippen LogP contribution in [-0.2, 0) is 17.7 Å². The molecule has 1 aliphatic heterocycles. The van der Waals surface area contributed by atoms with Crippen LogP contribution in [0.1, 0.15) is 68.8 Å². The summed E-state index contributed by atoms with van der Waals surface area (Å²) < 4.78 is 11.8. The smallest absolute Gasteiger partial charge is 0.289 e. The maximum Gasteiger partial charge on any atom is 0.289 e. The van der Waals surface area contributed by atoms with E-state index in [0.29, 0.717) is 12.3 Å². The van der Waals surface area contributed by atoms with Gasteiger partial charge in [-0.2, -0.15) is 0 Å². The standard InChI is InChI=1S/C20H34N2O3/c1-5-12-24-17-10-9-11-22(15-17)20(23)19-13-16(18(6-2)25-19)14-21(7-3)8-4/h13,17H,5-12,14-15H2,1-4H3/t17-/m0/s1. The highest BCUT2D eigenvalue weighted by atomic mass is 16.5. The van der Waals surface area contributed by atoms with E-state index in [0.717, 1.165) is 69.8 Å². The summed E-state index contributed by atoms with van der Waals surface area (Å²) in [5.74, 6) is 1.42. The molecule has 1 fully saturated rings. The van der Waals surface area contributed by atoms with Gasteiger partial charge in [-0.05, 0) is 38.4 Å². The van der Waals surface area contributed by atoms with Crippen LogP contribution in [0.3, 0.4) is 0 Å². The van der Waals surface area contributed by atoms with Crippen molar-refractivity contribution in [2.24, 2.45) is 0 Å². The number of furan rings is 1. The Labute approximate surface area is 152 Å². The first-order valence-corrected chi connectivity index (χ1v) is 9.87. The number of nitrogens with zero attached hydrogens (tertiary/aromatic N) is 2. The van der Waals surface area contributed by atoms with E-state index >= 15 is 0 Å². The van der Waals surface area contributed by atoms with Gasteiger partial charge in [0.05, 0.1) is 6.10 Å². The molecule has 25 heavy (non-hydrogen) atoms. The molecule has 0 saturated carbocycles. The summed E-state index contributed by atoms with van der Waals surface area (Å²) in [4.78, 5) is 17.1. The van der Waals surface area contributed by atoms with Crippen molar-refractivity contribution in [3.05, 3.63) is 23.2 Å². The molecular formula is C20H34N2O3. The van der Waals surface area contributed by atoms with E-state index in [9.17, 15) is 4.79 Å². The largest absolute Gasteiger partial charge is 0.456 e. The maximum atomic E-state index is 12.9. The van der Waals surface area contributed by atoms with Gasteiger partial charge in [-0.1, -0.05) is 27.7 Å². The van der Waals surface area contributed by atoms with Gasteiger partial charge in [0.25, 0.3) is 5.91 Å². The van der Waals surface area contributed by atoms with E-state index in [1.807, 2.05) is 11.0 Å². The lowest BCUT2D eigenvalue weighted by Gasteiger charge is -2.32. The zero-order chi connectivity index (χ0) is 18.2. The molecule has 0 N–H and O–H groups in total. The minimum atomic E-state index is 0.00490. The van der Waals surface area contributed by atoms with E-state index in [1.54, 1.807) is 0 Å². The van der Waals surface area contributed by atoms with Crippen LogP contribution in [0.4, 0.5) is 0 Å². The monoisotopic (exact) mass is 350 g/mol. The molecule has 1 aliphatic rings. The van der Waals surface area contributed by atoms with Crippen LogP contribution in [-0.4, -0.2) is 54.6 Å². The normalized spacial score (nSPS) is 18.1. The number of piperidine rings is 1. The summed E-state index contributed by atoms with van der Waals surface area (Å²) >= 11 is 0. The van der Waals surface area contributed by atoms with E-state index in [2.05, 4.69) is 32.6 Å². The summed E-state index contributed by atoms with van der Waals surface area (Å²) in [6, 6.07) is 1.95.